The van der Waals surface area contributed by atoms with E-state index < -0.39 is 6.10 Å². The molecule has 0 saturated carbocycles. The van der Waals surface area contributed by atoms with E-state index in [2.05, 4.69) is 4.90 Å². The highest BCUT2D eigenvalue weighted by molar-refractivity contribution is 5.82. The zero-order valence-corrected chi connectivity index (χ0v) is 12.8. The van der Waals surface area contributed by atoms with Crippen LogP contribution in [0.3, 0.4) is 0 Å². The van der Waals surface area contributed by atoms with Crippen molar-refractivity contribution in [3.8, 4) is 0 Å². The predicted octanol–water partition coefficient (Wildman–Crippen LogP) is 1.16. The molecule has 116 valence electrons. The molecule has 0 N–H and O–H groups in total. The molecule has 0 aliphatic carbocycles. The summed E-state index contributed by atoms with van der Waals surface area (Å²) in [5.41, 5.74) is 0.892. The van der Waals surface area contributed by atoms with E-state index in [1.807, 2.05) is 37.4 Å². The molecular formula is C16H24N2O3. The molecule has 21 heavy (non-hydrogen) atoms. The van der Waals surface area contributed by atoms with E-state index in [0.717, 1.165) is 38.4 Å². The number of benzene rings is 1. The van der Waals surface area contributed by atoms with Gasteiger partial charge in [-0.15, -0.1) is 0 Å². The van der Waals surface area contributed by atoms with Crippen LogP contribution in [0.1, 0.15) is 11.7 Å². The number of likely N-dealkylation sites (N-methyl/N-ethyl adjacent to an activating group) is 1. The van der Waals surface area contributed by atoms with Crippen LogP contribution in [0.5, 0.6) is 0 Å². The van der Waals surface area contributed by atoms with Gasteiger partial charge in [0, 0.05) is 40.3 Å². The number of hydrogen-bond acceptors (Lipinski definition) is 4. The third-order valence-electron chi connectivity index (χ3n) is 3.79. The second kappa shape index (κ2) is 8.12. The van der Waals surface area contributed by atoms with Gasteiger partial charge in [0.15, 0.2) is 6.10 Å². The summed E-state index contributed by atoms with van der Waals surface area (Å²) in [7, 11) is 3.41. The SMILES string of the molecule is CO[C@@H](C(=O)N(C)CCN1CCOCC1)c1ccccc1. The first-order valence-corrected chi connectivity index (χ1v) is 7.35. The lowest BCUT2D eigenvalue weighted by Gasteiger charge is -2.29. The van der Waals surface area contributed by atoms with Crippen LogP contribution in [0.2, 0.25) is 0 Å². The van der Waals surface area contributed by atoms with E-state index in [4.69, 9.17) is 9.47 Å². The van der Waals surface area contributed by atoms with Crippen molar-refractivity contribution < 1.29 is 14.3 Å². The second-order valence-corrected chi connectivity index (χ2v) is 5.24. The second-order valence-electron chi connectivity index (χ2n) is 5.24. The summed E-state index contributed by atoms with van der Waals surface area (Å²) in [6, 6.07) is 9.61. The Hall–Kier alpha value is -1.43. The van der Waals surface area contributed by atoms with Gasteiger partial charge in [-0.1, -0.05) is 30.3 Å². The summed E-state index contributed by atoms with van der Waals surface area (Å²) in [4.78, 5) is 16.6. The topological polar surface area (TPSA) is 42.0 Å². The average Bonchev–Trinajstić information content (AvgIpc) is 2.55. The van der Waals surface area contributed by atoms with E-state index in [0.29, 0.717) is 6.54 Å². The van der Waals surface area contributed by atoms with Crippen LogP contribution in [0.25, 0.3) is 0 Å². The van der Waals surface area contributed by atoms with Crippen LogP contribution >= 0.6 is 0 Å². The van der Waals surface area contributed by atoms with Crippen LogP contribution < -0.4 is 0 Å². The highest BCUT2D eigenvalue weighted by Gasteiger charge is 2.23. The summed E-state index contributed by atoms with van der Waals surface area (Å²) in [6.07, 6.45) is -0.527. The molecule has 5 nitrogen and oxygen atoms in total. The fraction of sp³-hybridized carbons (Fsp3) is 0.562. The first kappa shape index (κ1) is 15.9. The molecule has 1 aromatic rings. The van der Waals surface area contributed by atoms with Crippen molar-refractivity contribution in [3.05, 3.63) is 35.9 Å². The highest BCUT2D eigenvalue weighted by atomic mass is 16.5. The Morgan fingerprint density at radius 3 is 2.62 bits per heavy atom. The summed E-state index contributed by atoms with van der Waals surface area (Å²) < 4.78 is 10.7. The lowest BCUT2D eigenvalue weighted by Crippen LogP contribution is -2.43. The molecule has 5 heteroatoms. The molecule has 0 bridgehead atoms. The number of nitrogens with zero attached hydrogens (tertiary/aromatic N) is 2. The molecule has 2 rings (SSSR count). The minimum Gasteiger partial charge on any atom is -0.379 e. The summed E-state index contributed by atoms with van der Waals surface area (Å²) >= 11 is 0. The minimum atomic E-state index is -0.527. The van der Waals surface area contributed by atoms with E-state index in [-0.39, 0.29) is 5.91 Å². The maximum Gasteiger partial charge on any atom is 0.256 e. The van der Waals surface area contributed by atoms with Gasteiger partial charge in [-0.25, -0.2) is 0 Å². The molecule has 1 heterocycles. The van der Waals surface area contributed by atoms with Crippen LogP contribution in [-0.4, -0.2) is 69.3 Å². The van der Waals surface area contributed by atoms with Crippen LogP contribution in [0.4, 0.5) is 0 Å². The molecule has 1 aliphatic rings. The Labute approximate surface area is 126 Å². The van der Waals surface area contributed by atoms with Gasteiger partial charge in [-0.2, -0.15) is 0 Å². The number of hydrogen-bond donors (Lipinski definition) is 0. The van der Waals surface area contributed by atoms with Gasteiger partial charge >= 0.3 is 0 Å². The Kier molecular flexibility index (Phi) is 6.17. The maximum atomic E-state index is 12.5. The highest BCUT2D eigenvalue weighted by Crippen LogP contribution is 2.18. The third kappa shape index (κ3) is 4.52. The predicted molar refractivity (Wildman–Crippen MR) is 81.1 cm³/mol. The molecule has 0 aromatic heterocycles. The maximum absolute atomic E-state index is 12.5. The molecule has 1 amide bonds. The number of morpholine rings is 1. The molecule has 1 atom stereocenters. The lowest BCUT2D eigenvalue weighted by molar-refractivity contribution is -0.141. The van der Waals surface area contributed by atoms with Gasteiger partial charge in [-0.3, -0.25) is 9.69 Å². The zero-order chi connectivity index (χ0) is 15.1. The monoisotopic (exact) mass is 292 g/mol. The van der Waals surface area contributed by atoms with Crippen molar-refractivity contribution in [1.82, 2.24) is 9.80 Å². The zero-order valence-electron chi connectivity index (χ0n) is 12.8. The van der Waals surface area contributed by atoms with Crippen LogP contribution in [0.15, 0.2) is 30.3 Å². The van der Waals surface area contributed by atoms with Gasteiger partial charge in [-0.05, 0) is 5.56 Å². The first-order chi connectivity index (χ1) is 10.2. The molecular weight excluding hydrogens is 268 g/mol. The third-order valence-corrected chi connectivity index (χ3v) is 3.79. The van der Waals surface area contributed by atoms with Gasteiger partial charge in [0.05, 0.1) is 13.2 Å². The van der Waals surface area contributed by atoms with E-state index >= 15 is 0 Å². The van der Waals surface area contributed by atoms with E-state index in [1.165, 1.54) is 0 Å². The summed E-state index contributed by atoms with van der Waals surface area (Å²) in [5, 5.41) is 0. The summed E-state index contributed by atoms with van der Waals surface area (Å²) in [6.45, 7) is 5.01. The minimum absolute atomic E-state index is 0.00282. The van der Waals surface area contributed by atoms with Crippen molar-refractivity contribution in [2.75, 3.05) is 53.6 Å². The number of rotatable bonds is 6. The lowest BCUT2D eigenvalue weighted by atomic mass is 10.1. The van der Waals surface area contributed by atoms with Gasteiger partial charge < -0.3 is 14.4 Å². The fourth-order valence-electron chi connectivity index (χ4n) is 2.43. The first-order valence-electron chi connectivity index (χ1n) is 7.35. The normalized spacial score (nSPS) is 17.4. The molecule has 0 unspecified atom stereocenters. The molecule has 1 saturated heterocycles. The van der Waals surface area contributed by atoms with Crippen LogP contribution in [-0.2, 0) is 14.3 Å². The van der Waals surface area contributed by atoms with Crippen molar-refractivity contribution >= 4 is 5.91 Å². The summed E-state index contributed by atoms with van der Waals surface area (Å²) in [5.74, 6) is -0.00282. The van der Waals surface area contributed by atoms with Crippen molar-refractivity contribution in [2.45, 2.75) is 6.10 Å². The Morgan fingerprint density at radius 1 is 1.33 bits per heavy atom. The van der Waals surface area contributed by atoms with E-state index in [9.17, 15) is 4.79 Å². The average molecular weight is 292 g/mol. The van der Waals surface area contributed by atoms with Gasteiger partial charge in [0.2, 0.25) is 0 Å². The molecule has 0 spiro atoms. The Morgan fingerprint density at radius 2 is 2.00 bits per heavy atom. The van der Waals surface area contributed by atoms with Crippen molar-refractivity contribution in [2.24, 2.45) is 0 Å². The van der Waals surface area contributed by atoms with Crippen molar-refractivity contribution in [1.29, 1.82) is 0 Å². The largest absolute Gasteiger partial charge is 0.379 e. The number of methoxy groups -OCH3 is 1. The fourth-order valence-corrected chi connectivity index (χ4v) is 2.43. The molecule has 1 aromatic carbocycles. The van der Waals surface area contributed by atoms with Gasteiger partial charge in [0.1, 0.15) is 0 Å². The van der Waals surface area contributed by atoms with Gasteiger partial charge in [0.25, 0.3) is 5.91 Å². The number of ether oxygens (including phenoxy) is 2. The number of carbonyl (C=O) groups excluding carboxylic acids is 1. The number of carbonyl (C=O) groups is 1. The molecule has 1 fully saturated rings. The number of amides is 1. The quantitative estimate of drug-likeness (QED) is 0.789. The molecule has 0 radical (unpaired) electrons. The van der Waals surface area contributed by atoms with Crippen LogP contribution in [0, 0.1) is 0 Å². The smallest absolute Gasteiger partial charge is 0.256 e. The van der Waals surface area contributed by atoms with E-state index in [1.54, 1.807) is 12.0 Å². The standard InChI is InChI=1S/C16H24N2O3/c1-17(8-9-18-10-12-21-13-11-18)16(19)15(20-2)14-6-4-3-5-7-14/h3-7,15H,8-13H2,1-2H3/t15-/m1/s1. The Balaban J connectivity index is 1.88. The molecule has 1 aliphatic heterocycles. The Bertz CT molecular complexity index is 432. The van der Waals surface area contributed by atoms with Crippen molar-refractivity contribution in [3.63, 3.8) is 0 Å².